The van der Waals surface area contributed by atoms with Crippen LogP contribution in [0.3, 0.4) is 0 Å². The van der Waals surface area contributed by atoms with E-state index in [9.17, 15) is 9.59 Å². The Morgan fingerprint density at radius 3 is 2.81 bits per heavy atom. The van der Waals surface area contributed by atoms with E-state index in [1.54, 1.807) is 13.0 Å². The molecule has 0 aliphatic heterocycles. The van der Waals surface area contributed by atoms with Gasteiger partial charge in [-0.3, -0.25) is 4.79 Å². The van der Waals surface area contributed by atoms with Gasteiger partial charge in [-0.15, -0.1) is 0 Å². The molecule has 2 rings (SSSR count). The van der Waals surface area contributed by atoms with Crippen LogP contribution < -0.4 is 0 Å². The zero-order chi connectivity index (χ0) is 15.6. The number of allylic oxidation sites excluding steroid dienone is 1. The smallest absolute Gasteiger partial charge is 0.330 e. The molecule has 0 heterocycles. The molecule has 0 aromatic heterocycles. The topological polar surface area (TPSA) is 43.4 Å². The largest absolute Gasteiger partial charge is 0.462 e. The highest BCUT2D eigenvalue weighted by atomic mass is 16.5. The Labute approximate surface area is 126 Å². The number of hydrogen-bond acceptors (Lipinski definition) is 3. The van der Waals surface area contributed by atoms with E-state index in [1.165, 1.54) is 11.6 Å². The van der Waals surface area contributed by atoms with E-state index >= 15 is 0 Å². The third-order valence-corrected chi connectivity index (χ3v) is 4.13. The lowest BCUT2D eigenvalue weighted by atomic mass is 9.92. The quantitative estimate of drug-likeness (QED) is 0.630. The molecule has 0 bridgehead atoms. The van der Waals surface area contributed by atoms with Crippen LogP contribution in [0.25, 0.3) is 0 Å². The van der Waals surface area contributed by atoms with Crippen molar-refractivity contribution < 1.29 is 14.3 Å². The minimum absolute atomic E-state index is 0.0841. The normalized spacial score (nSPS) is 17.3. The lowest BCUT2D eigenvalue weighted by molar-refractivity contribution is -0.137. The molecule has 0 spiro atoms. The van der Waals surface area contributed by atoms with Gasteiger partial charge < -0.3 is 4.74 Å². The number of ether oxygens (including phenoxy) is 1. The minimum Gasteiger partial charge on any atom is -0.462 e. The molecule has 1 atom stereocenters. The van der Waals surface area contributed by atoms with Crippen molar-refractivity contribution in [3.63, 3.8) is 0 Å². The van der Waals surface area contributed by atoms with Gasteiger partial charge in [0.05, 0.1) is 6.61 Å². The molecular weight excluding hydrogens is 264 g/mol. The monoisotopic (exact) mass is 286 g/mol. The summed E-state index contributed by atoms with van der Waals surface area (Å²) in [4.78, 5) is 23.6. The second-order valence-electron chi connectivity index (χ2n) is 5.72. The van der Waals surface area contributed by atoms with Crippen LogP contribution in [0.4, 0.5) is 0 Å². The molecule has 0 amide bonds. The van der Waals surface area contributed by atoms with Crippen LogP contribution in [-0.4, -0.2) is 18.4 Å². The molecule has 0 fully saturated rings. The van der Waals surface area contributed by atoms with Crippen molar-refractivity contribution in [2.45, 2.75) is 40.5 Å². The molecule has 1 aliphatic carbocycles. The number of rotatable bonds is 4. The molecule has 1 aromatic rings. The van der Waals surface area contributed by atoms with Gasteiger partial charge in [0.1, 0.15) is 0 Å². The Bertz CT molecular complexity index is 611. The number of fused-ring (bicyclic) bond motifs is 1. The first-order valence-corrected chi connectivity index (χ1v) is 7.41. The van der Waals surface area contributed by atoms with Crippen LogP contribution in [0.2, 0.25) is 0 Å². The van der Waals surface area contributed by atoms with Crippen LogP contribution in [0.1, 0.15) is 46.5 Å². The molecule has 1 aromatic carbocycles. The number of benzene rings is 1. The fraction of sp³-hybridized carbons (Fsp3) is 0.444. The van der Waals surface area contributed by atoms with E-state index in [-0.39, 0.29) is 17.7 Å². The number of carbonyl (C=O) groups excluding carboxylic acids is 2. The Hall–Kier alpha value is -1.90. The summed E-state index contributed by atoms with van der Waals surface area (Å²) in [6.07, 6.45) is 4.56. The molecule has 0 radical (unpaired) electrons. The fourth-order valence-corrected chi connectivity index (χ4v) is 3.10. The molecule has 112 valence electrons. The Kier molecular flexibility index (Phi) is 4.61. The first kappa shape index (κ1) is 15.5. The first-order valence-electron chi connectivity index (χ1n) is 7.41. The van der Waals surface area contributed by atoms with Crippen LogP contribution >= 0.6 is 0 Å². The SMILES string of the molecule is C/C=C\C(=O)OCCc1c(C)cc2c(c1C)C(=O)[C@@H](C)C2. The van der Waals surface area contributed by atoms with Crippen molar-refractivity contribution in [2.75, 3.05) is 6.61 Å². The van der Waals surface area contributed by atoms with Crippen molar-refractivity contribution in [1.82, 2.24) is 0 Å². The zero-order valence-electron chi connectivity index (χ0n) is 13.2. The standard InChI is InChI=1S/C18H22O3/c1-5-6-16(19)21-8-7-15-11(2)9-14-10-12(3)18(20)17(14)13(15)4/h5-6,9,12H,7-8,10H2,1-4H3/b6-5-/t12-/m0/s1. The van der Waals surface area contributed by atoms with Crippen molar-refractivity contribution >= 4 is 11.8 Å². The second kappa shape index (κ2) is 6.25. The number of esters is 1. The molecule has 1 aliphatic rings. The Morgan fingerprint density at radius 1 is 1.43 bits per heavy atom. The van der Waals surface area contributed by atoms with Crippen molar-refractivity contribution in [1.29, 1.82) is 0 Å². The number of aryl methyl sites for hydroxylation is 1. The molecular formula is C18H22O3. The lowest BCUT2D eigenvalue weighted by Gasteiger charge is -2.14. The first-order chi connectivity index (χ1) is 9.95. The Balaban J connectivity index is 2.18. The molecule has 3 heteroatoms. The van der Waals surface area contributed by atoms with Crippen molar-refractivity contribution in [2.24, 2.45) is 5.92 Å². The summed E-state index contributed by atoms with van der Waals surface area (Å²) in [6, 6.07) is 2.12. The number of Topliss-reactive ketones (excluding diaryl/α,β-unsaturated/α-hetero) is 1. The molecule has 0 unspecified atom stereocenters. The van der Waals surface area contributed by atoms with Gasteiger partial charge in [-0.25, -0.2) is 4.79 Å². The summed E-state index contributed by atoms with van der Waals surface area (Å²) in [6.45, 7) is 8.17. The van der Waals surface area contributed by atoms with Crippen LogP contribution in [0.5, 0.6) is 0 Å². The molecule has 0 saturated heterocycles. The highest BCUT2D eigenvalue weighted by Crippen LogP contribution is 2.32. The van der Waals surface area contributed by atoms with Crippen molar-refractivity contribution in [3.8, 4) is 0 Å². The highest BCUT2D eigenvalue weighted by Gasteiger charge is 2.30. The van der Waals surface area contributed by atoms with Gasteiger partial charge in [-0.2, -0.15) is 0 Å². The van der Waals surface area contributed by atoms with E-state index in [0.717, 1.165) is 28.7 Å². The van der Waals surface area contributed by atoms with Gasteiger partial charge >= 0.3 is 5.97 Å². The predicted molar refractivity (Wildman–Crippen MR) is 82.6 cm³/mol. The van der Waals surface area contributed by atoms with E-state index < -0.39 is 0 Å². The summed E-state index contributed by atoms with van der Waals surface area (Å²) in [7, 11) is 0. The van der Waals surface area contributed by atoms with E-state index in [0.29, 0.717) is 13.0 Å². The van der Waals surface area contributed by atoms with Crippen molar-refractivity contribution in [3.05, 3.63) is 46.0 Å². The molecule has 0 N–H and O–H groups in total. The third-order valence-electron chi connectivity index (χ3n) is 4.13. The average molecular weight is 286 g/mol. The maximum absolute atomic E-state index is 12.3. The van der Waals surface area contributed by atoms with E-state index in [4.69, 9.17) is 4.74 Å². The molecule has 21 heavy (non-hydrogen) atoms. The summed E-state index contributed by atoms with van der Waals surface area (Å²) in [5.41, 5.74) is 5.42. The summed E-state index contributed by atoms with van der Waals surface area (Å²) < 4.78 is 5.15. The van der Waals surface area contributed by atoms with Gasteiger partial charge in [0.15, 0.2) is 5.78 Å². The number of ketones is 1. The summed E-state index contributed by atoms with van der Waals surface area (Å²) in [5, 5.41) is 0. The maximum atomic E-state index is 12.3. The van der Waals surface area contributed by atoms with Crippen LogP contribution in [0.15, 0.2) is 18.2 Å². The van der Waals surface area contributed by atoms with E-state index in [1.807, 2.05) is 13.8 Å². The van der Waals surface area contributed by atoms with Gasteiger partial charge in [0.25, 0.3) is 0 Å². The fourth-order valence-electron chi connectivity index (χ4n) is 3.10. The van der Waals surface area contributed by atoms with Gasteiger partial charge in [-0.05, 0) is 49.4 Å². The van der Waals surface area contributed by atoms with E-state index in [2.05, 4.69) is 13.0 Å². The number of carbonyl (C=O) groups is 2. The minimum atomic E-state index is -0.321. The predicted octanol–water partition coefficient (Wildman–Crippen LogP) is 3.34. The van der Waals surface area contributed by atoms with Crippen LogP contribution in [-0.2, 0) is 22.4 Å². The summed E-state index contributed by atoms with van der Waals surface area (Å²) in [5.74, 6) is 0.00851. The molecule has 3 nitrogen and oxygen atoms in total. The zero-order valence-corrected chi connectivity index (χ0v) is 13.2. The van der Waals surface area contributed by atoms with Gasteiger partial charge in [0, 0.05) is 24.0 Å². The van der Waals surface area contributed by atoms with Gasteiger partial charge in [-0.1, -0.05) is 19.1 Å². The van der Waals surface area contributed by atoms with Crippen LogP contribution in [0, 0.1) is 19.8 Å². The summed E-state index contributed by atoms with van der Waals surface area (Å²) >= 11 is 0. The average Bonchev–Trinajstić information content (AvgIpc) is 2.69. The lowest BCUT2D eigenvalue weighted by Crippen LogP contribution is -2.10. The van der Waals surface area contributed by atoms with Gasteiger partial charge in [0.2, 0.25) is 0 Å². The third kappa shape index (κ3) is 3.07. The Morgan fingerprint density at radius 2 is 2.14 bits per heavy atom. The highest BCUT2D eigenvalue weighted by molar-refractivity contribution is 6.03. The molecule has 0 saturated carbocycles. The maximum Gasteiger partial charge on any atom is 0.330 e. The number of hydrogen-bond donors (Lipinski definition) is 0. The second-order valence-corrected chi connectivity index (χ2v) is 5.72.